The van der Waals surface area contributed by atoms with Crippen LogP contribution < -0.4 is 20.3 Å². The molecule has 1 aromatic heterocycles. The SMILES string of the molecule is CC(C)CCn1c(S[C@H](C)C(=O)NCc2ccc3c(c2)OCO3)nc2ccccc2c1=O. The molecule has 1 amide bonds. The first-order valence-corrected chi connectivity index (χ1v) is 11.6. The minimum atomic E-state index is -0.414. The third-order valence-electron chi connectivity index (χ3n) is 5.31. The zero-order valence-corrected chi connectivity index (χ0v) is 19.3. The highest BCUT2D eigenvalue weighted by molar-refractivity contribution is 8.00. The van der Waals surface area contributed by atoms with Crippen molar-refractivity contribution in [3.05, 3.63) is 58.4 Å². The normalized spacial score (nSPS) is 13.5. The average Bonchev–Trinajstić information content (AvgIpc) is 3.25. The van der Waals surface area contributed by atoms with Crippen LogP contribution in [0.4, 0.5) is 0 Å². The fraction of sp³-hybridized carbons (Fsp3) is 0.375. The van der Waals surface area contributed by atoms with E-state index in [0.717, 1.165) is 12.0 Å². The van der Waals surface area contributed by atoms with Crippen molar-refractivity contribution in [3.63, 3.8) is 0 Å². The van der Waals surface area contributed by atoms with Gasteiger partial charge in [-0.15, -0.1) is 0 Å². The number of fused-ring (bicyclic) bond motifs is 2. The Kier molecular flexibility index (Phi) is 6.69. The summed E-state index contributed by atoms with van der Waals surface area (Å²) in [6.45, 7) is 7.24. The summed E-state index contributed by atoms with van der Waals surface area (Å²) in [7, 11) is 0. The molecule has 0 saturated heterocycles. The molecule has 0 unspecified atom stereocenters. The summed E-state index contributed by atoms with van der Waals surface area (Å²) >= 11 is 1.31. The van der Waals surface area contributed by atoms with Crippen LogP contribution in [0.1, 0.15) is 32.8 Å². The van der Waals surface area contributed by atoms with Crippen molar-refractivity contribution >= 4 is 28.6 Å². The second-order valence-corrected chi connectivity index (χ2v) is 9.52. The van der Waals surface area contributed by atoms with Gasteiger partial charge >= 0.3 is 0 Å². The number of nitrogens with one attached hydrogen (secondary N) is 1. The molecule has 8 heteroatoms. The zero-order valence-electron chi connectivity index (χ0n) is 18.5. The summed E-state index contributed by atoms with van der Waals surface area (Å²) in [5.41, 5.74) is 1.51. The lowest BCUT2D eigenvalue weighted by atomic mass is 10.1. The molecular formula is C24H27N3O4S. The number of aromatic nitrogens is 2. The van der Waals surface area contributed by atoms with Crippen molar-refractivity contribution in [2.75, 3.05) is 6.79 Å². The molecule has 4 rings (SSSR count). The molecule has 3 aromatic rings. The van der Waals surface area contributed by atoms with Crippen molar-refractivity contribution in [2.24, 2.45) is 5.92 Å². The summed E-state index contributed by atoms with van der Waals surface area (Å²) in [5.74, 6) is 1.73. The van der Waals surface area contributed by atoms with Crippen molar-refractivity contribution in [2.45, 2.75) is 50.7 Å². The van der Waals surface area contributed by atoms with Crippen LogP contribution in [0.15, 0.2) is 52.4 Å². The summed E-state index contributed by atoms with van der Waals surface area (Å²) in [5, 5.41) is 3.71. The van der Waals surface area contributed by atoms with Gasteiger partial charge in [-0.1, -0.05) is 43.8 Å². The summed E-state index contributed by atoms with van der Waals surface area (Å²) in [4.78, 5) is 30.6. The lowest BCUT2D eigenvalue weighted by Crippen LogP contribution is -2.31. The topological polar surface area (TPSA) is 82.5 Å². The number of amides is 1. The Hall–Kier alpha value is -3.00. The van der Waals surface area contributed by atoms with Crippen LogP contribution in [-0.2, 0) is 17.9 Å². The Balaban J connectivity index is 1.49. The van der Waals surface area contributed by atoms with Gasteiger partial charge < -0.3 is 14.8 Å². The number of thioether (sulfide) groups is 1. The maximum atomic E-state index is 13.1. The molecular weight excluding hydrogens is 426 g/mol. The first-order chi connectivity index (χ1) is 15.4. The van der Waals surface area contributed by atoms with E-state index in [1.165, 1.54) is 11.8 Å². The maximum absolute atomic E-state index is 13.1. The zero-order chi connectivity index (χ0) is 22.7. The molecule has 1 aliphatic rings. The number of rotatable bonds is 8. The van der Waals surface area contributed by atoms with Crippen molar-refractivity contribution < 1.29 is 14.3 Å². The highest BCUT2D eigenvalue weighted by Gasteiger charge is 2.20. The second kappa shape index (κ2) is 9.65. The molecule has 168 valence electrons. The van der Waals surface area contributed by atoms with Gasteiger partial charge in [0.15, 0.2) is 16.7 Å². The van der Waals surface area contributed by atoms with E-state index >= 15 is 0 Å². The standard InChI is InChI=1S/C24H27N3O4S/c1-15(2)10-11-27-23(29)18-6-4-5-7-19(18)26-24(27)32-16(3)22(28)25-13-17-8-9-20-21(12-17)31-14-30-20/h4-9,12,15-16H,10-11,13-14H2,1-3H3,(H,25,28)/t16-/m1/s1. The maximum Gasteiger partial charge on any atom is 0.262 e. The molecule has 0 bridgehead atoms. The van der Waals surface area contributed by atoms with Crippen LogP contribution >= 0.6 is 11.8 Å². The first-order valence-electron chi connectivity index (χ1n) is 10.7. The summed E-state index contributed by atoms with van der Waals surface area (Å²) < 4.78 is 12.4. The Bertz CT molecular complexity index is 1190. The smallest absolute Gasteiger partial charge is 0.262 e. The van der Waals surface area contributed by atoms with Gasteiger partial charge in [0.05, 0.1) is 16.2 Å². The minimum Gasteiger partial charge on any atom is -0.454 e. The molecule has 0 aliphatic carbocycles. The van der Waals surface area contributed by atoms with Gasteiger partial charge in [0.1, 0.15) is 0 Å². The van der Waals surface area contributed by atoms with E-state index < -0.39 is 5.25 Å². The monoisotopic (exact) mass is 453 g/mol. The first kappa shape index (κ1) is 22.2. The number of hydrogen-bond acceptors (Lipinski definition) is 6. The molecule has 0 spiro atoms. The lowest BCUT2D eigenvalue weighted by molar-refractivity contribution is -0.120. The van der Waals surface area contributed by atoms with Gasteiger partial charge in [0, 0.05) is 13.1 Å². The lowest BCUT2D eigenvalue weighted by Gasteiger charge is -2.17. The quantitative estimate of drug-likeness (QED) is 0.411. The molecule has 32 heavy (non-hydrogen) atoms. The highest BCUT2D eigenvalue weighted by Crippen LogP contribution is 2.32. The third-order valence-corrected chi connectivity index (χ3v) is 6.40. The Labute approximate surface area is 191 Å². The predicted molar refractivity (Wildman–Crippen MR) is 125 cm³/mol. The summed E-state index contributed by atoms with van der Waals surface area (Å²) in [6.07, 6.45) is 0.859. The molecule has 0 saturated carbocycles. The van der Waals surface area contributed by atoms with Gasteiger partial charge in [-0.3, -0.25) is 14.2 Å². The van der Waals surface area contributed by atoms with Gasteiger partial charge in [-0.05, 0) is 49.1 Å². The number of nitrogens with zero attached hydrogens (tertiary/aromatic N) is 2. The average molecular weight is 454 g/mol. The van der Waals surface area contributed by atoms with Crippen LogP contribution in [0, 0.1) is 5.92 Å². The molecule has 1 aliphatic heterocycles. The van der Waals surface area contributed by atoms with Crippen LogP contribution in [0.2, 0.25) is 0 Å². The molecule has 1 atom stereocenters. The van der Waals surface area contributed by atoms with Crippen LogP contribution in [-0.4, -0.2) is 27.5 Å². The predicted octanol–water partition coefficient (Wildman–Crippen LogP) is 3.97. The van der Waals surface area contributed by atoms with Crippen LogP contribution in [0.25, 0.3) is 10.9 Å². The molecule has 1 N–H and O–H groups in total. The number of hydrogen-bond donors (Lipinski definition) is 1. The van der Waals surface area contributed by atoms with Gasteiger partial charge in [-0.25, -0.2) is 4.98 Å². The fourth-order valence-electron chi connectivity index (χ4n) is 3.42. The Morgan fingerprint density at radius 2 is 1.94 bits per heavy atom. The molecule has 0 fully saturated rings. The molecule has 2 aromatic carbocycles. The van der Waals surface area contributed by atoms with E-state index in [9.17, 15) is 9.59 Å². The van der Waals surface area contributed by atoms with Gasteiger partial charge in [-0.2, -0.15) is 0 Å². The number of carbonyl (C=O) groups is 1. The number of ether oxygens (including phenoxy) is 2. The van der Waals surface area contributed by atoms with E-state index in [1.54, 1.807) is 10.6 Å². The molecule has 0 radical (unpaired) electrons. The minimum absolute atomic E-state index is 0.0632. The Morgan fingerprint density at radius 3 is 2.75 bits per heavy atom. The van der Waals surface area contributed by atoms with Crippen molar-refractivity contribution in [1.29, 1.82) is 0 Å². The van der Waals surface area contributed by atoms with E-state index in [2.05, 4.69) is 19.2 Å². The van der Waals surface area contributed by atoms with E-state index in [0.29, 0.717) is 46.6 Å². The second-order valence-electron chi connectivity index (χ2n) is 8.22. The molecule has 2 heterocycles. The fourth-order valence-corrected chi connectivity index (χ4v) is 4.38. The van der Waals surface area contributed by atoms with Crippen molar-refractivity contribution in [1.82, 2.24) is 14.9 Å². The van der Waals surface area contributed by atoms with E-state index in [4.69, 9.17) is 14.5 Å². The number of para-hydroxylation sites is 1. The van der Waals surface area contributed by atoms with Gasteiger partial charge in [0.25, 0.3) is 5.56 Å². The number of benzene rings is 2. The third kappa shape index (κ3) is 4.91. The Morgan fingerprint density at radius 1 is 1.16 bits per heavy atom. The van der Waals surface area contributed by atoms with Crippen LogP contribution in [0.5, 0.6) is 11.5 Å². The molecule has 7 nitrogen and oxygen atoms in total. The van der Waals surface area contributed by atoms with Crippen molar-refractivity contribution in [3.8, 4) is 11.5 Å². The number of carbonyl (C=O) groups excluding carboxylic acids is 1. The van der Waals surface area contributed by atoms with E-state index in [-0.39, 0.29) is 18.3 Å². The van der Waals surface area contributed by atoms with Gasteiger partial charge in [0.2, 0.25) is 12.7 Å². The largest absolute Gasteiger partial charge is 0.454 e. The van der Waals surface area contributed by atoms with E-state index in [1.807, 2.05) is 43.3 Å². The summed E-state index contributed by atoms with van der Waals surface area (Å²) in [6, 6.07) is 13.0. The highest BCUT2D eigenvalue weighted by atomic mass is 32.2. The van der Waals surface area contributed by atoms with Crippen LogP contribution in [0.3, 0.4) is 0 Å².